The van der Waals surface area contributed by atoms with Crippen LogP contribution in [0.4, 0.5) is 18.9 Å². The third-order valence-electron chi connectivity index (χ3n) is 2.92. The maximum Gasteiger partial charge on any atom is 0.416 e. The van der Waals surface area contributed by atoms with E-state index in [0.717, 1.165) is 0 Å². The van der Waals surface area contributed by atoms with Crippen molar-refractivity contribution in [3.8, 4) is 0 Å². The van der Waals surface area contributed by atoms with Gasteiger partial charge >= 0.3 is 18.1 Å². The van der Waals surface area contributed by atoms with Gasteiger partial charge in [-0.3, -0.25) is 9.59 Å². The lowest BCUT2D eigenvalue weighted by molar-refractivity contribution is -0.161. The molecule has 0 radical (unpaired) electrons. The number of ether oxygens (including phenoxy) is 2. The van der Waals surface area contributed by atoms with Crippen molar-refractivity contribution in [3.05, 3.63) is 27.7 Å². The van der Waals surface area contributed by atoms with Crippen molar-refractivity contribution >= 4 is 40.8 Å². The number of azo groups is 1. The molecule has 0 spiro atoms. The molecule has 0 bridgehead atoms. The molecule has 11 heteroatoms. The Bertz CT molecular complexity index is 655. The SMILES string of the molecule is CCOC(=O)C(CN=Nc1c(Cl)cc(C(F)(F)F)cc1Cl)C(=O)OCC. The van der Waals surface area contributed by atoms with Crippen molar-refractivity contribution < 1.29 is 32.2 Å². The van der Waals surface area contributed by atoms with Crippen LogP contribution in [0.3, 0.4) is 0 Å². The number of halogens is 5. The van der Waals surface area contributed by atoms with E-state index in [2.05, 4.69) is 10.2 Å². The summed E-state index contributed by atoms with van der Waals surface area (Å²) in [4.78, 5) is 23.6. The molecule has 6 nitrogen and oxygen atoms in total. The fourth-order valence-corrected chi connectivity index (χ4v) is 2.31. The van der Waals surface area contributed by atoms with Crippen LogP contribution < -0.4 is 0 Å². The van der Waals surface area contributed by atoms with E-state index in [4.69, 9.17) is 32.7 Å². The van der Waals surface area contributed by atoms with E-state index in [1.807, 2.05) is 0 Å². The lowest BCUT2D eigenvalue weighted by Crippen LogP contribution is -2.30. The molecule has 0 unspecified atom stereocenters. The fraction of sp³-hybridized carbons (Fsp3) is 0.467. The van der Waals surface area contributed by atoms with E-state index >= 15 is 0 Å². The van der Waals surface area contributed by atoms with Gasteiger partial charge in [-0.25, -0.2) is 0 Å². The molecule has 144 valence electrons. The van der Waals surface area contributed by atoms with E-state index in [-0.39, 0.29) is 28.9 Å². The summed E-state index contributed by atoms with van der Waals surface area (Å²) in [5.41, 5.74) is -1.25. The lowest BCUT2D eigenvalue weighted by Gasteiger charge is -2.12. The summed E-state index contributed by atoms with van der Waals surface area (Å²) in [6.07, 6.45) is -4.62. The van der Waals surface area contributed by atoms with Crippen molar-refractivity contribution in [1.82, 2.24) is 0 Å². The van der Waals surface area contributed by atoms with Crippen LogP contribution in [-0.2, 0) is 25.2 Å². The summed E-state index contributed by atoms with van der Waals surface area (Å²) in [6.45, 7) is 2.77. The summed E-state index contributed by atoms with van der Waals surface area (Å²) >= 11 is 11.5. The second-order valence-corrected chi connectivity index (χ2v) is 5.58. The minimum Gasteiger partial charge on any atom is -0.465 e. The molecule has 0 atom stereocenters. The third-order valence-corrected chi connectivity index (χ3v) is 3.50. The second kappa shape index (κ2) is 9.72. The highest BCUT2D eigenvalue weighted by Gasteiger charge is 2.32. The number of hydrogen-bond acceptors (Lipinski definition) is 6. The third kappa shape index (κ3) is 6.14. The maximum absolute atomic E-state index is 12.7. The first-order chi connectivity index (χ1) is 12.1. The van der Waals surface area contributed by atoms with Gasteiger partial charge in [0.15, 0.2) is 5.92 Å². The van der Waals surface area contributed by atoms with Crippen LogP contribution >= 0.6 is 23.2 Å². The van der Waals surface area contributed by atoms with Crippen LogP contribution in [0.1, 0.15) is 19.4 Å². The summed E-state index contributed by atoms with van der Waals surface area (Å²) in [7, 11) is 0. The highest BCUT2D eigenvalue weighted by atomic mass is 35.5. The van der Waals surface area contributed by atoms with Gasteiger partial charge in [0.2, 0.25) is 0 Å². The first kappa shape index (κ1) is 22.2. The van der Waals surface area contributed by atoms with Gasteiger partial charge in [-0.05, 0) is 26.0 Å². The van der Waals surface area contributed by atoms with Gasteiger partial charge in [0.05, 0.1) is 35.4 Å². The minimum absolute atomic E-state index is 0.0441. The number of benzene rings is 1. The van der Waals surface area contributed by atoms with Gasteiger partial charge in [-0.15, -0.1) is 0 Å². The molecule has 0 aliphatic heterocycles. The molecule has 0 N–H and O–H groups in total. The van der Waals surface area contributed by atoms with E-state index in [9.17, 15) is 22.8 Å². The molecule has 0 saturated carbocycles. The van der Waals surface area contributed by atoms with Gasteiger partial charge in [-0.1, -0.05) is 23.2 Å². The Morgan fingerprint density at radius 2 is 1.54 bits per heavy atom. The average molecular weight is 415 g/mol. The monoisotopic (exact) mass is 414 g/mol. The molecule has 1 aromatic carbocycles. The first-order valence-corrected chi connectivity index (χ1v) is 8.14. The number of carbonyl (C=O) groups excluding carboxylic acids is 2. The molecule has 0 aliphatic rings. The highest BCUT2D eigenvalue weighted by Crippen LogP contribution is 2.40. The van der Waals surface area contributed by atoms with Crippen LogP contribution in [0.15, 0.2) is 22.4 Å². The minimum atomic E-state index is -4.62. The first-order valence-electron chi connectivity index (χ1n) is 7.38. The number of rotatable bonds is 7. The number of carbonyl (C=O) groups is 2. The second-order valence-electron chi connectivity index (χ2n) is 4.77. The van der Waals surface area contributed by atoms with Gasteiger partial charge in [0.25, 0.3) is 0 Å². The molecule has 0 amide bonds. The zero-order valence-electron chi connectivity index (χ0n) is 13.8. The van der Waals surface area contributed by atoms with Crippen LogP contribution in [0.2, 0.25) is 10.0 Å². The van der Waals surface area contributed by atoms with E-state index in [1.54, 1.807) is 13.8 Å². The standard InChI is InChI=1S/C15H15Cl2F3N2O4/c1-3-25-13(23)9(14(24)26-4-2)7-21-22-12-10(16)5-8(6-11(12)17)15(18,19)20/h5-6,9H,3-4,7H2,1-2H3. The van der Waals surface area contributed by atoms with Crippen molar-refractivity contribution in [2.75, 3.05) is 19.8 Å². The zero-order valence-corrected chi connectivity index (χ0v) is 15.3. The largest absolute Gasteiger partial charge is 0.465 e. The Hall–Kier alpha value is -1.87. The average Bonchev–Trinajstić information content (AvgIpc) is 2.52. The lowest BCUT2D eigenvalue weighted by atomic mass is 10.1. The van der Waals surface area contributed by atoms with Crippen molar-refractivity contribution in [1.29, 1.82) is 0 Å². The summed E-state index contributed by atoms with van der Waals surface area (Å²) in [6, 6.07) is 1.30. The van der Waals surface area contributed by atoms with Crippen LogP contribution in [0.25, 0.3) is 0 Å². The van der Waals surface area contributed by atoms with E-state index in [0.29, 0.717) is 12.1 Å². The zero-order chi connectivity index (χ0) is 19.9. The number of alkyl halides is 3. The number of hydrogen-bond donors (Lipinski definition) is 0. The summed E-state index contributed by atoms with van der Waals surface area (Å²) in [5.74, 6) is -3.06. The van der Waals surface area contributed by atoms with Gasteiger partial charge < -0.3 is 9.47 Å². The Balaban J connectivity index is 3.00. The normalized spacial score (nSPS) is 11.8. The molecule has 0 aromatic heterocycles. The van der Waals surface area contributed by atoms with Crippen molar-refractivity contribution in [2.24, 2.45) is 16.1 Å². The molecular weight excluding hydrogens is 400 g/mol. The predicted octanol–water partition coefficient (Wildman–Crippen LogP) is 4.84. The molecule has 0 saturated heterocycles. The quantitative estimate of drug-likeness (QED) is 0.363. The van der Waals surface area contributed by atoms with Crippen molar-refractivity contribution in [3.63, 3.8) is 0 Å². The highest BCUT2D eigenvalue weighted by molar-refractivity contribution is 6.38. The topological polar surface area (TPSA) is 77.3 Å². The van der Waals surface area contributed by atoms with E-state index < -0.39 is 36.1 Å². The van der Waals surface area contributed by atoms with Crippen molar-refractivity contribution in [2.45, 2.75) is 20.0 Å². The predicted molar refractivity (Wildman–Crippen MR) is 87.6 cm³/mol. The molecule has 0 fully saturated rings. The Kier molecular flexibility index (Phi) is 8.29. The molecule has 1 aromatic rings. The van der Waals surface area contributed by atoms with Gasteiger partial charge in [0, 0.05) is 0 Å². The molecule has 1 rings (SSSR count). The Morgan fingerprint density at radius 3 is 1.92 bits per heavy atom. The Morgan fingerprint density at radius 1 is 1.08 bits per heavy atom. The number of nitrogens with zero attached hydrogens (tertiary/aromatic N) is 2. The fourth-order valence-electron chi connectivity index (χ4n) is 1.75. The Labute approximate surface area is 157 Å². The number of esters is 2. The van der Waals surface area contributed by atoms with Crippen LogP contribution in [0, 0.1) is 5.92 Å². The van der Waals surface area contributed by atoms with E-state index in [1.165, 1.54) is 0 Å². The van der Waals surface area contributed by atoms with Crippen LogP contribution in [-0.4, -0.2) is 31.7 Å². The molecule has 0 heterocycles. The van der Waals surface area contributed by atoms with Gasteiger partial charge in [-0.2, -0.15) is 23.4 Å². The maximum atomic E-state index is 12.7. The molecule has 0 aliphatic carbocycles. The summed E-state index contributed by atoms with van der Waals surface area (Å²) < 4.78 is 47.6. The molecule has 26 heavy (non-hydrogen) atoms. The summed E-state index contributed by atoms with van der Waals surface area (Å²) in [5, 5.41) is 6.51. The molecular formula is C15H15Cl2F3N2O4. The smallest absolute Gasteiger partial charge is 0.416 e. The van der Waals surface area contributed by atoms with Gasteiger partial charge in [0.1, 0.15) is 5.69 Å². The van der Waals surface area contributed by atoms with Crippen LogP contribution in [0.5, 0.6) is 0 Å².